The fraction of sp³-hybridized carbons (Fsp3) is 0.538. The van der Waals surface area contributed by atoms with E-state index in [1.165, 1.54) is 0 Å². The van der Waals surface area contributed by atoms with E-state index in [0.717, 1.165) is 16.5 Å². The molecule has 7 N–H and O–H groups in total. The number of carbonyl (C=O) groups is 4. The van der Waals surface area contributed by atoms with Crippen molar-refractivity contribution in [3.05, 3.63) is 36.0 Å². The number of carboxylic acids is 1. The van der Waals surface area contributed by atoms with Crippen molar-refractivity contribution in [2.24, 2.45) is 17.6 Å². The van der Waals surface area contributed by atoms with Crippen molar-refractivity contribution in [1.82, 2.24) is 20.9 Å². The molecular weight excluding hydrogens is 494 g/mol. The number of aromatic amines is 1. The number of thiol groups is 1. The summed E-state index contributed by atoms with van der Waals surface area (Å²) >= 11 is 4.19. The van der Waals surface area contributed by atoms with Crippen LogP contribution < -0.4 is 21.7 Å². The Kier molecular flexibility index (Phi) is 11.4. The van der Waals surface area contributed by atoms with Crippen LogP contribution in [0, 0.1) is 11.8 Å². The van der Waals surface area contributed by atoms with Crippen molar-refractivity contribution in [3.63, 3.8) is 0 Å². The third-order valence-corrected chi connectivity index (χ3v) is 7.25. The van der Waals surface area contributed by atoms with Gasteiger partial charge in [0.05, 0.1) is 6.04 Å². The van der Waals surface area contributed by atoms with E-state index in [9.17, 15) is 24.3 Å². The van der Waals surface area contributed by atoms with E-state index in [1.54, 1.807) is 13.1 Å². The molecule has 37 heavy (non-hydrogen) atoms. The molecule has 0 saturated heterocycles. The summed E-state index contributed by atoms with van der Waals surface area (Å²) in [6.45, 7) is 7.33. The molecule has 0 radical (unpaired) electrons. The van der Waals surface area contributed by atoms with Crippen molar-refractivity contribution in [2.45, 2.75) is 71.1 Å². The third kappa shape index (κ3) is 7.96. The second-order valence-corrected chi connectivity index (χ2v) is 9.86. The molecule has 0 fully saturated rings. The van der Waals surface area contributed by atoms with Gasteiger partial charge >= 0.3 is 5.97 Å². The van der Waals surface area contributed by atoms with Gasteiger partial charge < -0.3 is 31.8 Å². The summed E-state index contributed by atoms with van der Waals surface area (Å²) in [5, 5.41) is 18.3. The van der Waals surface area contributed by atoms with Crippen LogP contribution in [0.25, 0.3) is 10.9 Å². The lowest BCUT2D eigenvalue weighted by atomic mass is 9.98. The minimum absolute atomic E-state index is 0.0649. The lowest BCUT2D eigenvalue weighted by Crippen LogP contribution is -2.59. The van der Waals surface area contributed by atoms with Gasteiger partial charge in [-0.15, -0.1) is 0 Å². The Morgan fingerprint density at radius 1 is 0.946 bits per heavy atom. The Labute approximate surface area is 222 Å². The largest absolute Gasteiger partial charge is 0.480 e. The minimum Gasteiger partial charge on any atom is -0.480 e. The van der Waals surface area contributed by atoms with E-state index in [1.807, 2.05) is 45.0 Å². The smallest absolute Gasteiger partial charge is 0.326 e. The summed E-state index contributed by atoms with van der Waals surface area (Å²) < 4.78 is 0. The van der Waals surface area contributed by atoms with E-state index in [4.69, 9.17) is 5.73 Å². The fourth-order valence-electron chi connectivity index (χ4n) is 3.91. The molecule has 2 rings (SSSR count). The number of fused-ring (bicyclic) bond motifs is 1. The highest BCUT2D eigenvalue weighted by molar-refractivity contribution is 7.80. The molecule has 1 aromatic heterocycles. The molecule has 6 unspecified atom stereocenters. The van der Waals surface area contributed by atoms with Gasteiger partial charge in [-0.1, -0.05) is 58.7 Å². The number of aliphatic carboxylic acids is 1. The average Bonchev–Trinajstić information content (AvgIpc) is 3.30. The lowest BCUT2D eigenvalue weighted by molar-refractivity contribution is -0.143. The van der Waals surface area contributed by atoms with Crippen LogP contribution in [-0.2, 0) is 25.6 Å². The van der Waals surface area contributed by atoms with Gasteiger partial charge in [-0.05, 0) is 23.5 Å². The average molecular weight is 534 g/mol. The quantitative estimate of drug-likeness (QED) is 0.182. The van der Waals surface area contributed by atoms with Gasteiger partial charge in [0.25, 0.3) is 0 Å². The van der Waals surface area contributed by atoms with Crippen molar-refractivity contribution in [2.75, 3.05) is 5.75 Å². The molecule has 0 aliphatic rings. The summed E-state index contributed by atoms with van der Waals surface area (Å²) in [6.07, 6.45) is 3.17. The van der Waals surface area contributed by atoms with Gasteiger partial charge in [-0.25, -0.2) is 4.79 Å². The highest BCUT2D eigenvalue weighted by Gasteiger charge is 2.32. The second-order valence-electron chi connectivity index (χ2n) is 9.49. The van der Waals surface area contributed by atoms with Crippen molar-refractivity contribution in [1.29, 1.82) is 0 Å². The molecule has 10 nitrogen and oxygen atoms in total. The van der Waals surface area contributed by atoms with Crippen LogP contribution in [0.1, 0.15) is 46.1 Å². The topological polar surface area (TPSA) is 166 Å². The van der Waals surface area contributed by atoms with Crippen molar-refractivity contribution in [3.8, 4) is 0 Å². The molecule has 204 valence electrons. The molecule has 0 aliphatic carbocycles. The second kappa shape index (κ2) is 14.0. The maximum Gasteiger partial charge on any atom is 0.326 e. The number of nitrogens with one attached hydrogen (secondary N) is 4. The third-order valence-electron chi connectivity index (χ3n) is 6.88. The van der Waals surface area contributed by atoms with Crippen LogP contribution >= 0.6 is 12.6 Å². The van der Waals surface area contributed by atoms with Crippen molar-refractivity contribution >= 4 is 47.2 Å². The standard InChI is InChI=1S/C26H39N5O5S/c1-5-14(3)21(27)25(34)29-19(11-16-12-28-18-10-8-7-9-17(16)18)23(32)30-20(13-37)24(33)31-22(26(35)36)15(4)6-2/h7-10,12,14-15,19-22,28,37H,5-6,11,13,27H2,1-4H3,(H,29,34)(H,30,32)(H,31,33)(H,35,36). The number of nitrogens with two attached hydrogens (primary N) is 1. The molecular formula is C26H39N5O5S. The zero-order valence-electron chi connectivity index (χ0n) is 21.8. The number of H-pyrrole nitrogens is 1. The highest BCUT2D eigenvalue weighted by Crippen LogP contribution is 2.19. The van der Waals surface area contributed by atoms with E-state index >= 15 is 0 Å². The number of para-hydroxylation sites is 1. The number of carboxylic acid groups (broad SMARTS) is 1. The van der Waals surface area contributed by atoms with E-state index in [0.29, 0.717) is 12.8 Å². The first-order chi connectivity index (χ1) is 17.5. The molecule has 0 saturated carbocycles. The number of hydrogen-bond acceptors (Lipinski definition) is 6. The lowest BCUT2D eigenvalue weighted by Gasteiger charge is -2.26. The molecule has 0 bridgehead atoms. The number of amides is 3. The van der Waals surface area contributed by atoms with Crippen LogP contribution in [0.5, 0.6) is 0 Å². The highest BCUT2D eigenvalue weighted by atomic mass is 32.1. The molecule has 3 amide bonds. The molecule has 2 aromatic rings. The Morgan fingerprint density at radius 2 is 1.54 bits per heavy atom. The number of hydrogen-bond donors (Lipinski definition) is 7. The summed E-state index contributed by atoms with van der Waals surface area (Å²) in [4.78, 5) is 53.9. The van der Waals surface area contributed by atoms with Crippen LogP contribution in [-0.4, -0.2) is 63.7 Å². The van der Waals surface area contributed by atoms with Crippen molar-refractivity contribution < 1.29 is 24.3 Å². The van der Waals surface area contributed by atoms with Gasteiger partial charge in [-0.2, -0.15) is 12.6 Å². The first-order valence-electron chi connectivity index (χ1n) is 12.6. The van der Waals surface area contributed by atoms with Gasteiger partial charge in [0.1, 0.15) is 18.1 Å². The summed E-state index contributed by atoms with van der Waals surface area (Å²) in [6, 6.07) is 3.54. The first-order valence-corrected chi connectivity index (χ1v) is 13.2. The fourth-order valence-corrected chi connectivity index (χ4v) is 4.17. The van der Waals surface area contributed by atoms with Crippen LogP contribution in [0.3, 0.4) is 0 Å². The maximum atomic E-state index is 13.4. The Morgan fingerprint density at radius 3 is 2.14 bits per heavy atom. The Hall–Kier alpha value is -3.05. The Bertz CT molecular complexity index is 1090. The first kappa shape index (κ1) is 30.2. The Balaban J connectivity index is 2.26. The molecule has 1 heterocycles. The van der Waals surface area contributed by atoms with Gasteiger partial charge in [-0.3, -0.25) is 14.4 Å². The normalized spacial score (nSPS) is 16.2. The number of benzene rings is 1. The molecule has 11 heteroatoms. The summed E-state index contributed by atoms with van der Waals surface area (Å²) in [5.74, 6) is -3.36. The van der Waals surface area contributed by atoms with Gasteiger partial charge in [0.2, 0.25) is 17.7 Å². The van der Waals surface area contributed by atoms with Gasteiger partial charge in [0, 0.05) is 29.3 Å². The monoisotopic (exact) mass is 533 g/mol. The SMILES string of the molecule is CCC(C)C(N)C(=O)NC(Cc1c[nH]c2ccccc12)C(=O)NC(CS)C(=O)NC(C(=O)O)C(C)CC. The number of carbonyl (C=O) groups excluding carboxylic acids is 3. The summed E-state index contributed by atoms with van der Waals surface area (Å²) in [5.41, 5.74) is 7.80. The number of rotatable bonds is 14. The molecule has 0 spiro atoms. The predicted octanol–water partition coefficient (Wildman–Crippen LogP) is 1.60. The van der Waals surface area contributed by atoms with E-state index < -0.39 is 47.9 Å². The molecule has 6 atom stereocenters. The van der Waals surface area contributed by atoms with Crippen LogP contribution in [0.2, 0.25) is 0 Å². The minimum atomic E-state index is -1.16. The zero-order chi connectivity index (χ0) is 27.7. The molecule has 0 aliphatic heterocycles. The van der Waals surface area contributed by atoms with Crippen LogP contribution in [0.4, 0.5) is 0 Å². The number of aromatic nitrogens is 1. The van der Waals surface area contributed by atoms with Gasteiger partial charge in [0.15, 0.2) is 0 Å². The van der Waals surface area contributed by atoms with Crippen LogP contribution in [0.15, 0.2) is 30.5 Å². The maximum absolute atomic E-state index is 13.4. The van der Waals surface area contributed by atoms with E-state index in [2.05, 4.69) is 33.6 Å². The summed E-state index contributed by atoms with van der Waals surface area (Å²) in [7, 11) is 0. The van der Waals surface area contributed by atoms with E-state index in [-0.39, 0.29) is 24.0 Å². The predicted molar refractivity (Wildman–Crippen MR) is 146 cm³/mol. The zero-order valence-corrected chi connectivity index (χ0v) is 22.7. The molecule has 1 aromatic carbocycles.